The van der Waals surface area contributed by atoms with Crippen molar-refractivity contribution in [3.63, 3.8) is 0 Å². The lowest BCUT2D eigenvalue weighted by Crippen LogP contribution is -2.51. The van der Waals surface area contributed by atoms with Crippen molar-refractivity contribution in [1.29, 1.82) is 0 Å². The van der Waals surface area contributed by atoms with Crippen molar-refractivity contribution in [3.8, 4) is 0 Å². The van der Waals surface area contributed by atoms with Gasteiger partial charge in [0.05, 0.1) is 6.17 Å². The van der Waals surface area contributed by atoms with Crippen LogP contribution in [0.2, 0.25) is 0 Å². The van der Waals surface area contributed by atoms with Gasteiger partial charge in [-0.2, -0.15) is 0 Å². The van der Waals surface area contributed by atoms with Crippen molar-refractivity contribution in [1.82, 2.24) is 10.2 Å². The van der Waals surface area contributed by atoms with E-state index in [-0.39, 0.29) is 12.1 Å². The molecule has 0 radical (unpaired) electrons. The number of carbonyl (C=O) groups is 1. The molecule has 1 saturated heterocycles. The minimum Gasteiger partial charge on any atom is -0.330 e. The predicted molar refractivity (Wildman–Crippen MR) is 60.3 cm³/mol. The van der Waals surface area contributed by atoms with E-state index in [4.69, 9.17) is 0 Å². The Morgan fingerprint density at radius 3 is 2.33 bits per heavy atom. The highest BCUT2D eigenvalue weighted by atomic mass is 16.2. The van der Waals surface area contributed by atoms with Gasteiger partial charge in [-0.3, -0.25) is 10.1 Å². The van der Waals surface area contributed by atoms with Crippen molar-refractivity contribution < 1.29 is 4.79 Å². The number of carbonyl (C=O) groups excluding carboxylic acids is 1. The highest BCUT2D eigenvalue weighted by Gasteiger charge is 2.32. The van der Waals surface area contributed by atoms with Gasteiger partial charge < -0.3 is 4.90 Å². The summed E-state index contributed by atoms with van der Waals surface area (Å²) in [6.07, 6.45) is 6.98. The first-order valence-corrected chi connectivity index (χ1v) is 6.15. The maximum absolute atomic E-state index is 11.2. The maximum Gasteiger partial charge on any atom is 0.220 e. The van der Waals surface area contributed by atoms with Crippen LogP contribution in [0.1, 0.15) is 39.0 Å². The van der Waals surface area contributed by atoms with E-state index < -0.39 is 0 Å². The van der Waals surface area contributed by atoms with Crippen LogP contribution in [0.15, 0.2) is 0 Å². The van der Waals surface area contributed by atoms with Crippen LogP contribution < -0.4 is 5.32 Å². The fourth-order valence-corrected chi connectivity index (χ4v) is 2.73. The molecular weight excluding hydrogens is 188 g/mol. The number of hydrogen-bond donors (Lipinski definition) is 1. The molecule has 1 aliphatic heterocycles. The Morgan fingerprint density at radius 2 is 1.93 bits per heavy atom. The summed E-state index contributed by atoms with van der Waals surface area (Å²) in [5, 5.41) is 3.50. The minimum atomic E-state index is 0.162. The number of nitrogens with zero attached hydrogens (tertiary/aromatic N) is 1. The van der Waals surface area contributed by atoms with Crippen LogP contribution in [-0.2, 0) is 4.79 Å². The van der Waals surface area contributed by atoms with Crippen molar-refractivity contribution >= 4 is 5.91 Å². The first-order valence-electron chi connectivity index (χ1n) is 6.15. The van der Waals surface area contributed by atoms with Gasteiger partial charge in [-0.15, -0.1) is 0 Å². The summed E-state index contributed by atoms with van der Waals surface area (Å²) in [4.78, 5) is 13.0. The SMILES string of the molecule is CC(=O)N(C)C1CCC(C2CCC2)CN1. The summed E-state index contributed by atoms with van der Waals surface area (Å²) in [6, 6.07) is 0. The molecule has 1 saturated carbocycles. The van der Waals surface area contributed by atoms with E-state index in [0.29, 0.717) is 0 Å². The average molecular weight is 210 g/mol. The summed E-state index contributed by atoms with van der Waals surface area (Å²) in [5.74, 6) is 2.01. The summed E-state index contributed by atoms with van der Waals surface area (Å²) in [7, 11) is 1.89. The van der Waals surface area contributed by atoms with Gasteiger partial charge in [0.2, 0.25) is 5.91 Å². The average Bonchev–Trinajstić information content (AvgIpc) is 2.15. The van der Waals surface area contributed by atoms with Gasteiger partial charge in [0.25, 0.3) is 0 Å². The van der Waals surface area contributed by atoms with E-state index in [9.17, 15) is 4.79 Å². The normalized spacial score (nSPS) is 32.1. The van der Waals surface area contributed by atoms with Gasteiger partial charge in [0, 0.05) is 20.5 Å². The van der Waals surface area contributed by atoms with Gasteiger partial charge in [0.15, 0.2) is 0 Å². The fraction of sp³-hybridized carbons (Fsp3) is 0.917. The van der Waals surface area contributed by atoms with E-state index in [1.807, 2.05) is 11.9 Å². The second-order valence-corrected chi connectivity index (χ2v) is 5.08. The molecule has 0 aromatic heterocycles. The molecule has 86 valence electrons. The Hall–Kier alpha value is -0.570. The Kier molecular flexibility index (Phi) is 3.29. The van der Waals surface area contributed by atoms with Crippen molar-refractivity contribution in [2.24, 2.45) is 11.8 Å². The zero-order valence-corrected chi connectivity index (χ0v) is 9.83. The summed E-state index contributed by atoms with van der Waals surface area (Å²) >= 11 is 0. The van der Waals surface area contributed by atoms with E-state index in [1.165, 1.54) is 25.7 Å². The largest absolute Gasteiger partial charge is 0.330 e. The molecule has 0 aromatic rings. The molecule has 2 aliphatic rings. The van der Waals surface area contributed by atoms with E-state index >= 15 is 0 Å². The molecule has 1 amide bonds. The number of rotatable bonds is 2. The Bertz CT molecular complexity index is 230. The maximum atomic E-state index is 11.2. The van der Waals surface area contributed by atoms with Gasteiger partial charge >= 0.3 is 0 Å². The quantitative estimate of drug-likeness (QED) is 0.750. The molecule has 2 unspecified atom stereocenters. The van der Waals surface area contributed by atoms with E-state index in [2.05, 4.69) is 5.32 Å². The van der Waals surface area contributed by atoms with Crippen LogP contribution in [0, 0.1) is 11.8 Å². The standard InChI is InChI=1S/C12H22N2O/c1-9(15)14(2)12-7-6-11(8-13-12)10-4-3-5-10/h10-13H,3-8H2,1-2H3. The van der Waals surface area contributed by atoms with Crippen molar-refractivity contribution in [2.45, 2.75) is 45.2 Å². The highest BCUT2D eigenvalue weighted by molar-refractivity contribution is 5.73. The fourth-order valence-electron chi connectivity index (χ4n) is 2.73. The molecule has 3 nitrogen and oxygen atoms in total. The molecular formula is C12H22N2O. The molecule has 2 rings (SSSR count). The monoisotopic (exact) mass is 210 g/mol. The van der Waals surface area contributed by atoms with Gasteiger partial charge in [-0.25, -0.2) is 0 Å². The number of amides is 1. The summed E-state index contributed by atoms with van der Waals surface area (Å²) < 4.78 is 0. The summed E-state index contributed by atoms with van der Waals surface area (Å²) in [6.45, 7) is 2.74. The van der Waals surface area contributed by atoms with Crippen LogP contribution >= 0.6 is 0 Å². The third-order valence-corrected chi connectivity index (χ3v) is 4.21. The van der Waals surface area contributed by atoms with Gasteiger partial charge in [-0.05, 0) is 24.7 Å². The van der Waals surface area contributed by atoms with Gasteiger partial charge in [-0.1, -0.05) is 19.3 Å². The zero-order chi connectivity index (χ0) is 10.8. The Balaban J connectivity index is 1.78. The lowest BCUT2D eigenvalue weighted by molar-refractivity contribution is -0.131. The smallest absolute Gasteiger partial charge is 0.220 e. The van der Waals surface area contributed by atoms with Gasteiger partial charge in [0.1, 0.15) is 0 Å². The van der Waals surface area contributed by atoms with Crippen LogP contribution in [-0.4, -0.2) is 30.6 Å². The van der Waals surface area contributed by atoms with E-state index in [1.54, 1.807) is 6.92 Å². The number of nitrogens with one attached hydrogen (secondary N) is 1. The minimum absolute atomic E-state index is 0.162. The number of hydrogen-bond acceptors (Lipinski definition) is 2. The first-order chi connectivity index (χ1) is 7.18. The second-order valence-electron chi connectivity index (χ2n) is 5.08. The van der Waals surface area contributed by atoms with Crippen molar-refractivity contribution in [2.75, 3.05) is 13.6 Å². The third-order valence-electron chi connectivity index (χ3n) is 4.21. The van der Waals surface area contributed by atoms with Crippen LogP contribution in [0.25, 0.3) is 0 Å². The summed E-state index contributed by atoms with van der Waals surface area (Å²) in [5.41, 5.74) is 0. The first kappa shape index (κ1) is 10.9. The van der Waals surface area contributed by atoms with Crippen molar-refractivity contribution in [3.05, 3.63) is 0 Å². The van der Waals surface area contributed by atoms with E-state index in [0.717, 1.165) is 24.8 Å². The number of piperidine rings is 1. The lowest BCUT2D eigenvalue weighted by atomic mass is 9.73. The second kappa shape index (κ2) is 4.52. The molecule has 1 N–H and O–H groups in total. The predicted octanol–water partition coefficient (Wildman–Crippen LogP) is 1.59. The topological polar surface area (TPSA) is 32.3 Å². The molecule has 15 heavy (non-hydrogen) atoms. The molecule has 0 spiro atoms. The zero-order valence-electron chi connectivity index (χ0n) is 9.83. The Labute approximate surface area is 92.2 Å². The molecule has 3 heteroatoms. The molecule has 2 fully saturated rings. The van der Waals surface area contributed by atoms with Crippen LogP contribution in [0.5, 0.6) is 0 Å². The molecule has 1 aliphatic carbocycles. The third kappa shape index (κ3) is 2.33. The highest BCUT2D eigenvalue weighted by Crippen LogP contribution is 2.37. The molecule has 0 aromatic carbocycles. The lowest BCUT2D eigenvalue weighted by Gasteiger charge is -2.41. The molecule has 1 heterocycles. The van der Waals surface area contributed by atoms with Crippen LogP contribution in [0.4, 0.5) is 0 Å². The molecule has 0 bridgehead atoms. The van der Waals surface area contributed by atoms with Crippen LogP contribution in [0.3, 0.4) is 0 Å². The molecule has 2 atom stereocenters. The Morgan fingerprint density at radius 1 is 1.20 bits per heavy atom.